The van der Waals surface area contributed by atoms with Crippen molar-refractivity contribution in [2.24, 2.45) is 0 Å². The molecule has 414 valence electrons. The molecule has 0 aromatic heterocycles. The van der Waals surface area contributed by atoms with Gasteiger partial charge in [0.15, 0.2) is 0 Å². The van der Waals surface area contributed by atoms with E-state index in [1.54, 1.807) is 0 Å². The molecule has 3 unspecified atom stereocenters. The average molecular weight is 1000 g/mol. The molecule has 1 amide bonds. The predicted octanol–water partition coefficient (Wildman–Crippen LogP) is 18.8. The van der Waals surface area contributed by atoms with Gasteiger partial charge in [-0.2, -0.15) is 0 Å². The molecule has 0 rings (SSSR count). The van der Waals surface area contributed by atoms with Gasteiger partial charge in [0.05, 0.1) is 39.9 Å². The number of aliphatic hydroxyl groups excluding tert-OH is 1. The number of aliphatic hydroxyl groups is 1. The summed E-state index contributed by atoms with van der Waals surface area (Å²) < 4.78 is 23.8. The first kappa shape index (κ1) is 68.5. The normalized spacial score (nSPS) is 13.8. The van der Waals surface area contributed by atoms with E-state index in [9.17, 15) is 19.4 Å². The lowest BCUT2D eigenvalue weighted by Gasteiger charge is -2.26. The number of phosphoric acid groups is 1. The summed E-state index contributed by atoms with van der Waals surface area (Å²) in [5.74, 6) is -0.135. The zero-order valence-electron chi connectivity index (χ0n) is 47.3. The zero-order chi connectivity index (χ0) is 50.6. The second-order valence-electron chi connectivity index (χ2n) is 22.8. The van der Waals surface area contributed by atoms with Gasteiger partial charge in [0.1, 0.15) is 13.2 Å². The predicted molar refractivity (Wildman–Crippen MR) is 300 cm³/mol. The molecule has 0 heterocycles. The Morgan fingerprint density at radius 2 is 0.696 bits per heavy atom. The Hall–Kier alpha value is -0.500. The third-order valence-electron chi connectivity index (χ3n) is 14.6. The lowest BCUT2D eigenvalue weighted by atomic mass is 10.0. The number of phosphoric ester groups is 1. The molecular formula is C60H124N2O6P+. The lowest BCUT2D eigenvalue weighted by Crippen LogP contribution is -2.46. The molecule has 0 aliphatic carbocycles. The van der Waals surface area contributed by atoms with Crippen molar-refractivity contribution in [3.8, 4) is 0 Å². The van der Waals surface area contributed by atoms with E-state index in [4.69, 9.17) is 9.05 Å². The van der Waals surface area contributed by atoms with Crippen LogP contribution in [0, 0.1) is 0 Å². The SMILES string of the molecule is CCCCCCCCCCCCCCCCCCCCCCCCCCCCCC(=O)NC(COP(=O)(O)OCC[N+](C)(C)C)C(O)CCCCCCCCCCCCCCCCCCCCCC. The number of carbonyl (C=O) groups is 1. The van der Waals surface area contributed by atoms with Gasteiger partial charge in [-0.15, -0.1) is 0 Å². The Morgan fingerprint density at radius 1 is 0.435 bits per heavy atom. The van der Waals surface area contributed by atoms with Crippen LogP contribution in [0.5, 0.6) is 0 Å². The summed E-state index contributed by atoms with van der Waals surface area (Å²) in [5.41, 5.74) is 0. The van der Waals surface area contributed by atoms with Crippen LogP contribution in [-0.4, -0.2) is 73.4 Å². The summed E-state index contributed by atoms with van der Waals surface area (Å²) in [5, 5.41) is 14.1. The van der Waals surface area contributed by atoms with Gasteiger partial charge < -0.3 is 19.8 Å². The van der Waals surface area contributed by atoms with Crippen molar-refractivity contribution >= 4 is 13.7 Å². The highest BCUT2D eigenvalue weighted by atomic mass is 31.2. The highest BCUT2D eigenvalue weighted by molar-refractivity contribution is 7.47. The third kappa shape index (κ3) is 55.1. The van der Waals surface area contributed by atoms with Gasteiger partial charge in [-0.05, 0) is 12.8 Å². The summed E-state index contributed by atoms with van der Waals surface area (Å²) in [6.45, 7) is 4.95. The third-order valence-corrected chi connectivity index (χ3v) is 15.6. The van der Waals surface area contributed by atoms with E-state index < -0.39 is 20.0 Å². The molecule has 3 N–H and O–H groups in total. The quantitative estimate of drug-likeness (QED) is 0.0318. The van der Waals surface area contributed by atoms with Crippen LogP contribution < -0.4 is 5.32 Å². The molecule has 0 aliphatic heterocycles. The van der Waals surface area contributed by atoms with Crippen molar-refractivity contribution < 1.29 is 32.9 Å². The number of hydrogen-bond donors (Lipinski definition) is 3. The molecule has 0 fully saturated rings. The lowest BCUT2D eigenvalue weighted by molar-refractivity contribution is -0.870. The molecule has 0 spiro atoms. The molecule has 0 bridgehead atoms. The van der Waals surface area contributed by atoms with Crippen LogP contribution in [0.3, 0.4) is 0 Å². The number of unbranched alkanes of at least 4 members (excludes halogenated alkanes) is 45. The van der Waals surface area contributed by atoms with E-state index in [0.29, 0.717) is 23.9 Å². The standard InChI is InChI=1S/C60H123N2O6P/c1-6-8-10-12-14-16-18-20-22-24-26-28-29-30-31-32-33-34-36-38-40-42-44-46-48-50-52-54-60(64)61-58(57-68-69(65,66)67-56-55-62(3,4)5)59(63)53-51-49-47-45-43-41-39-37-35-27-25-23-21-19-17-15-13-11-9-7-2/h58-59,63H,6-57H2,1-5H3,(H-,61,64,65,66)/p+1. The van der Waals surface area contributed by atoms with Gasteiger partial charge in [-0.3, -0.25) is 13.8 Å². The number of quaternary nitrogens is 1. The molecule has 3 atom stereocenters. The monoisotopic (exact) mass is 1000 g/mol. The first-order valence-electron chi connectivity index (χ1n) is 30.9. The van der Waals surface area contributed by atoms with Crippen molar-refractivity contribution in [2.75, 3.05) is 40.9 Å². The molecule has 0 aromatic rings. The smallest absolute Gasteiger partial charge is 0.391 e. The number of amides is 1. The van der Waals surface area contributed by atoms with Gasteiger partial charge in [0, 0.05) is 6.42 Å². The van der Waals surface area contributed by atoms with Crippen LogP contribution in [0.4, 0.5) is 0 Å². The maximum atomic E-state index is 13.0. The molecule has 0 aromatic carbocycles. The Morgan fingerprint density at radius 3 is 0.971 bits per heavy atom. The highest BCUT2D eigenvalue weighted by Crippen LogP contribution is 2.43. The minimum atomic E-state index is -4.32. The van der Waals surface area contributed by atoms with Crippen molar-refractivity contribution in [2.45, 2.75) is 341 Å². The molecule has 0 saturated carbocycles. The molecule has 69 heavy (non-hydrogen) atoms. The van der Waals surface area contributed by atoms with E-state index in [-0.39, 0.29) is 19.1 Å². The van der Waals surface area contributed by atoms with Crippen molar-refractivity contribution in [3.63, 3.8) is 0 Å². The van der Waals surface area contributed by atoms with Gasteiger partial charge in [0.2, 0.25) is 5.91 Å². The molecule has 9 heteroatoms. The summed E-state index contributed by atoms with van der Waals surface area (Å²) in [6, 6.07) is -0.755. The van der Waals surface area contributed by atoms with Crippen LogP contribution in [0.25, 0.3) is 0 Å². The van der Waals surface area contributed by atoms with Crippen LogP contribution in [0.15, 0.2) is 0 Å². The van der Waals surface area contributed by atoms with E-state index in [2.05, 4.69) is 19.2 Å². The zero-order valence-corrected chi connectivity index (χ0v) is 48.2. The van der Waals surface area contributed by atoms with Crippen molar-refractivity contribution in [1.82, 2.24) is 5.32 Å². The molecular weight excluding hydrogens is 876 g/mol. The van der Waals surface area contributed by atoms with Crippen LogP contribution in [0.2, 0.25) is 0 Å². The molecule has 0 saturated heterocycles. The molecule has 0 radical (unpaired) electrons. The Labute approximate surface area is 431 Å². The average Bonchev–Trinajstić information content (AvgIpc) is 3.31. The maximum absolute atomic E-state index is 13.0. The molecule has 0 aliphatic rings. The van der Waals surface area contributed by atoms with Gasteiger partial charge in [-0.1, -0.05) is 309 Å². The topological polar surface area (TPSA) is 105 Å². The number of nitrogens with zero attached hydrogens (tertiary/aromatic N) is 1. The number of nitrogens with one attached hydrogen (secondary N) is 1. The number of carbonyl (C=O) groups excluding carboxylic acids is 1. The van der Waals surface area contributed by atoms with E-state index in [0.717, 1.165) is 38.5 Å². The van der Waals surface area contributed by atoms with Gasteiger partial charge in [-0.25, -0.2) is 4.57 Å². The fourth-order valence-electron chi connectivity index (χ4n) is 9.76. The van der Waals surface area contributed by atoms with Crippen molar-refractivity contribution in [3.05, 3.63) is 0 Å². The highest BCUT2D eigenvalue weighted by Gasteiger charge is 2.28. The maximum Gasteiger partial charge on any atom is 0.472 e. The van der Waals surface area contributed by atoms with Gasteiger partial charge in [0.25, 0.3) is 0 Å². The molecule has 8 nitrogen and oxygen atoms in total. The minimum Gasteiger partial charge on any atom is -0.391 e. The summed E-state index contributed by atoms with van der Waals surface area (Å²) in [4.78, 5) is 23.4. The Bertz CT molecular complexity index is 1090. The van der Waals surface area contributed by atoms with Crippen LogP contribution in [0.1, 0.15) is 328 Å². The summed E-state index contributed by atoms with van der Waals surface area (Å²) >= 11 is 0. The number of rotatable bonds is 58. The summed E-state index contributed by atoms with van der Waals surface area (Å²) in [6.07, 6.45) is 63.1. The first-order chi connectivity index (χ1) is 33.5. The van der Waals surface area contributed by atoms with Crippen LogP contribution >= 0.6 is 7.82 Å². The van der Waals surface area contributed by atoms with E-state index in [1.807, 2.05) is 21.1 Å². The number of hydrogen-bond acceptors (Lipinski definition) is 5. The van der Waals surface area contributed by atoms with E-state index in [1.165, 1.54) is 263 Å². The second kappa shape index (κ2) is 52.4. The largest absolute Gasteiger partial charge is 0.472 e. The van der Waals surface area contributed by atoms with Crippen LogP contribution in [-0.2, 0) is 18.4 Å². The van der Waals surface area contributed by atoms with Gasteiger partial charge >= 0.3 is 7.82 Å². The number of likely N-dealkylation sites (N-methyl/N-ethyl adjacent to an activating group) is 1. The Balaban J connectivity index is 4.06. The first-order valence-corrected chi connectivity index (χ1v) is 32.4. The fraction of sp³-hybridized carbons (Fsp3) is 0.983. The Kier molecular flexibility index (Phi) is 52.0. The fourth-order valence-corrected chi connectivity index (χ4v) is 10.5. The summed E-state index contributed by atoms with van der Waals surface area (Å²) in [7, 11) is 1.64. The van der Waals surface area contributed by atoms with E-state index >= 15 is 0 Å². The second-order valence-corrected chi connectivity index (χ2v) is 24.3. The minimum absolute atomic E-state index is 0.0793. The van der Waals surface area contributed by atoms with Crippen molar-refractivity contribution in [1.29, 1.82) is 0 Å².